The molecule has 0 aliphatic heterocycles. The van der Waals surface area contributed by atoms with Gasteiger partial charge in [-0.1, -0.05) is 6.42 Å². The highest BCUT2D eigenvalue weighted by molar-refractivity contribution is 5.83. The first-order chi connectivity index (χ1) is 8.81. The molecule has 1 N–H and O–H groups in total. The summed E-state index contributed by atoms with van der Waals surface area (Å²) in [6.07, 6.45) is 2.69. The van der Waals surface area contributed by atoms with E-state index in [0.717, 1.165) is 19.3 Å². The van der Waals surface area contributed by atoms with Crippen molar-refractivity contribution in [2.24, 2.45) is 5.92 Å². The standard InChI is InChI=1S/C14H22N2O3/c1-14(2,3)19-13(18)16-11-6-4-5-10(9-11)12(17)7-8-15/h10-11H,4-7,9H2,1-3H3,(H,16,18). The van der Waals surface area contributed by atoms with E-state index in [1.165, 1.54) is 0 Å². The van der Waals surface area contributed by atoms with Gasteiger partial charge in [-0.2, -0.15) is 5.26 Å². The summed E-state index contributed by atoms with van der Waals surface area (Å²) in [5, 5.41) is 11.4. The summed E-state index contributed by atoms with van der Waals surface area (Å²) < 4.78 is 5.20. The van der Waals surface area contributed by atoms with Crippen LogP contribution in [0.1, 0.15) is 52.9 Å². The predicted molar refractivity (Wildman–Crippen MR) is 70.4 cm³/mol. The topological polar surface area (TPSA) is 79.2 Å². The van der Waals surface area contributed by atoms with Crippen LogP contribution < -0.4 is 5.32 Å². The molecule has 0 saturated heterocycles. The lowest BCUT2D eigenvalue weighted by molar-refractivity contribution is -0.123. The molecule has 106 valence electrons. The van der Waals surface area contributed by atoms with Gasteiger partial charge in [0.2, 0.25) is 0 Å². The molecule has 2 unspecified atom stereocenters. The second-order valence-corrected chi connectivity index (χ2v) is 6.01. The lowest BCUT2D eigenvalue weighted by Gasteiger charge is -2.29. The van der Waals surface area contributed by atoms with Crippen molar-refractivity contribution in [3.8, 4) is 6.07 Å². The first-order valence-electron chi connectivity index (χ1n) is 6.71. The highest BCUT2D eigenvalue weighted by Crippen LogP contribution is 2.26. The minimum Gasteiger partial charge on any atom is -0.444 e. The lowest BCUT2D eigenvalue weighted by atomic mass is 9.82. The number of ketones is 1. The predicted octanol–water partition coefficient (Wildman–Crippen LogP) is 2.55. The summed E-state index contributed by atoms with van der Waals surface area (Å²) in [4.78, 5) is 23.4. The Bertz CT molecular complexity index is 379. The van der Waals surface area contributed by atoms with Crippen LogP contribution in [-0.2, 0) is 9.53 Å². The van der Waals surface area contributed by atoms with Gasteiger partial charge in [-0.25, -0.2) is 4.79 Å². The molecule has 19 heavy (non-hydrogen) atoms. The molecule has 2 atom stereocenters. The Balaban J connectivity index is 2.45. The number of hydrogen-bond donors (Lipinski definition) is 1. The van der Waals surface area contributed by atoms with E-state index in [2.05, 4.69) is 5.32 Å². The quantitative estimate of drug-likeness (QED) is 0.851. The Morgan fingerprint density at radius 3 is 2.63 bits per heavy atom. The molecule has 1 rings (SSSR count). The first kappa shape index (κ1) is 15.5. The molecule has 0 radical (unpaired) electrons. The lowest BCUT2D eigenvalue weighted by Crippen LogP contribution is -2.42. The number of ether oxygens (including phenoxy) is 1. The van der Waals surface area contributed by atoms with E-state index >= 15 is 0 Å². The van der Waals surface area contributed by atoms with Gasteiger partial charge < -0.3 is 10.1 Å². The summed E-state index contributed by atoms with van der Waals surface area (Å²) in [5.74, 6) is -0.119. The third kappa shape index (κ3) is 5.73. The van der Waals surface area contributed by atoms with Gasteiger partial charge in [-0.3, -0.25) is 4.79 Å². The molecular formula is C14H22N2O3. The highest BCUT2D eigenvalue weighted by atomic mass is 16.6. The van der Waals surface area contributed by atoms with Crippen molar-refractivity contribution >= 4 is 11.9 Å². The molecule has 1 saturated carbocycles. The zero-order chi connectivity index (χ0) is 14.5. The second-order valence-electron chi connectivity index (χ2n) is 6.01. The summed E-state index contributed by atoms with van der Waals surface area (Å²) >= 11 is 0. The number of rotatable bonds is 3. The molecule has 1 amide bonds. The summed E-state index contributed by atoms with van der Waals surface area (Å²) in [6, 6.07) is 1.86. The van der Waals surface area contributed by atoms with Gasteiger partial charge in [0.05, 0.1) is 12.5 Å². The third-order valence-electron chi connectivity index (χ3n) is 3.10. The SMILES string of the molecule is CC(C)(C)OC(=O)NC1CCCC(C(=O)CC#N)C1. The average Bonchev–Trinajstić information content (AvgIpc) is 2.27. The van der Waals surface area contributed by atoms with Crippen LogP contribution in [0.2, 0.25) is 0 Å². The molecule has 0 aromatic heterocycles. The van der Waals surface area contributed by atoms with Crippen LogP contribution in [0.5, 0.6) is 0 Å². The van der Waals surface area contributed by atoms with Crippen molar-refractivity contribution in [3.63, 3.8) is 0 Å². The minimum atomic E-state index is -0.519. The van der Waals surface area contributed by atoms with Crippen LogP contribution in [0, 0.1) is 17.2 Å². The smallest absolute Gasteiger partial charge is 0.407 e. The van der Waals surface area contributed by atoms with E-state index in [0.29, 0.717) is 6.42 Å². The number of nitriles is 1. The van der Waals surface area contributed by atoms with Crippen LogP contribution in [0.3, 0.4) is 0 Å². The van der Waals surface area contributed by atoms with Crippen LogP contribution in [0.4, 0.5) is 4.79 Å². The highest BCUT2D eigenvalue weighted by Gasteiger charge is 2.28. The largest absolute Gasteiger partial charge is 0.444 e. The Labute approximate surface area is 114 Å². The van der Waals surface area contributed by atoms with Crippen molar-refractivity contribution < 1.29 is 14.3 Å². The van der Waals surface area contributed by atoms with Gasteiger partial charge in [-0.05, 0) is 40.0 Å². The molecule has 0 heterocycles. The number of nitrogens with one attached hydrogen (secondary N) is 1. The molecule has 5 nitrogen and oxygen atoms in total. The number of alkyl carbamates (subject to hydrolysis) is 1. The Morgan fingerprint density at radius 1 is 1.37 bits per heavy atom. The van der Waals surface area contributed by atoms with Crippen molar-refractivity contribution in [1.29, 1.82) is 5.26 Å². The summed E-state index contributed by atoms with van der Waals surface area (Å²) in [7, 11) is 0. The normalized spacial score (nSPS) is 23.3. The van der Waals surface area contributed by atoms with Gasteiger partial charge in [-0.15, -0.1) is 0 Å². The Kier molecular flexibility index (Phi) is 5.34. The molecule has 1 fully saturated rings. The maximum Gasteiger partial charge on any atom is 0.407 e. The summed E-state index contributed by atoms with van der Waals surface area (Å²) in [6.45, 7) is 5.44. The molecule has 1 aliphatic carbocycles. The fourth-order valence-electron chi connectivity index (χ4n) is 2.31. The third-order valence-corrected chi connectivity index (χ3v) is 3.10. The van der Waals surface area contributed by atoms with E-state index in [-0.39, 0.29) is 24.2 Å². The van der Waals surface area contributed by atoms with Crippen LogP contribution in [0.25, 0.3) is 0 Å². The zero-order valence-corrected chi connectivity index (χ0v) is 11.9. The first-order valence-corrected chi connectivity index (χ1v) is 6.71. The monoisotopic (exact) mass is 266 g/mol. The van der Waals surface area contributed by atoms with Gasteiger partial charge in [0.25, 0.3) is 0 Å². The van der Waals surface area contributed by atoms with E-state index in [1.807, 2.05) is 26.8 Å². The Morgan fingerprint density at radius 2 is 2.05 bits per heavy atom. The van der Waals surface area contributed by atoms with Crippen molar-refractivity contribution in [3.05, 3.63) is 0 Å². The molecule has 0 bridgehead atoms. The number of carbonyl (C=O) groups is 2. The van der Waals surface area contributed by atoms with Crippen LogP contribution in [0.15, 0.2) is 0 Å². The van der Waals surface area contributed by atoms with Gasteiger partial charge in [0.1, 0.15) is 11.4 Å². The number of amides is 1. The number of nitrogens with zero attached hydrogens (tertiary/aromatic N) is 1. The van der Waals surface area contributed by atoms with Crippen LogP contribution in [-0.4, -0.2) is 23.5 Å². The maximum absolute atomic E-state index is 11.7. The van der Waals surface area contributed by atoms with E-state index in [4.69, 9.17) is 10.00 Å². The van der Waals surface area contributed by atoms with Crippen molar-refractivity contribution in [1.82, 2.24) is 5.32 Å². The zero-order valence-electron chi connectivity index (χ0n) is 11.9. The summed E-state index contributed by atoms with van der Waals surface area (Å²) in [5.41, 5.74) is -0.519. The maximum atomic E-state index is 11.7. The molecule has 0 spiro atoms. The fraction of sp³-hybridized carbons (Fsp3) is 0.786. The molecular weight excluding hydrogens is 244 g/mol. The van der Waals surface area contributed by atoms with Gasteiger partial charge >= 0.3 is 6.09 Å². The van der Waals surface area contributed by atoms with E-state index < -0.39 is 11.7 Å². The number of carbonyl (C=O) groups excluding carboxylic acids is 2. The van der Waals surface area contributed by atoms with Gasteiger partial charge in [0.15, 0.2) is 0 Å². The van der Waals surface area contributed by atoms with E-state index in [1.54, 1.807) is 0 Å². The molecule has 5 heteroatoms. The fourth-order valence-corrected chi connectivity index (χ4v) is 2.31. The van der Waals surface area contributed by atoms with Gasteiger partial charge in [0, 0.05) is 12.0 Å². The number of hydrogen-bond acceptors (Lipinski definition) is 4. The van der Waals surface area contributed by atoms with Crippen molar-refractivity contribution in [2.45, 2.75) is 64.5 Å². The van der Waals surface area contributed by atoms with Crippen molar-refractivity contribution in [2.75, 3.05) is 0 Å². The van der Waals surface area contributed by atoms with Crippen LogP contribution >= 0.6 is 0 Å². The van der Waals surface area contributed by atoms with E-state index in [9.17, 15) is 9.59 Å². The minimum absolute atomic E-state index is 0.0156. The number of Topliss-reactive ketones (excluding diaryl/α,β-unsaturated/α-hetero) is 1. The molecule has 0 aromatic rings. The molecule has 0 aromatic carbocycles. The Hall–Kier alpha value is -1.57. The molecule has 1 aliphatic rings. The second kappa shape index (κ2) is 6.55. The average molecular weight is 266 g/mol.